The van der Waals surface area contributed by atoms with Crippen LogP contribution in [0.25, 0.3) is 0 Å². The van der Waals surface area contributed by atoms with E-state index >= 15 is 0 Å². The molecule has 6 heteroatoms. The van der Waals surface area contributed by atoms with Gasteiger partial charge in [0.15, 0.2) is 6.10 Å². The minimum atomic E-state index is -0.793. The molecule has 6 nitrogen and oxygen atoms in total. The fourth-order valence-electron chi connectivity index (χ4n) is 7.04. The number of allylic oxidation sites excluding steroid dienone is 14. The summed E-state index contributed by atoms with van der Waals surface area (Å²) in [7, 11) is 0. The average Bonchev–Trinajstić information content (AvgIpc) is 3.28. The van der Waals surface area contributed by atoms with Gasteiger partial charge in [-0.25, -0.2) is 0 Å². The van der Waals surface area contributed by atoms with Crippen LogP contribution in [0.1, 0.15) is 239 Å². The molecule has 0 bridgehead atoms. The van der Waals surface area contributed by atoms with Crippen molar-refractivity contribution in [2.24, 2.45) is 0 Å². The van der Waals surface area contributed by atoms with E-state index < -0.39 is 6.10 Å². The van der Waals surface area contributed by atoms with E-state index in [9.17, 15) is 14.4 Å². The third-order valence-electron chi connectivity index (χ3n) is 10.9. The first-order valence-corrected chi connectivity index (χ1v) is 26.1. The molecule has 0 saturated heterocycles. The first-order valence-electron chi connectivity index (χ1n) is 26.1. The molecule has 0 radical (unpaired) electrons. The highest BCUT2D eigenvalue weighted by atomic mass is 16.6. The molecule has 1 unspecified atom stereocenters. The molecule has 0 aliphatic rings. The number of unbranched alkanes of at least 4 members (excludes halogenated alkanes) is 21. The molecule has 360 valence electrons. The fourth-order valence-corrected chi connectivity index (χ4v) is 7.04. The van der Waals surface area contributed by atoms with E-state index in [1.165, 1.54) is 89.9 Å². The van der Waals surface area contributed by atoms with Crippen molar-refractivity contribution in [2.45, 2.75) is 245 Å². The van der Waals surface area contributed by atoms with Crippen LogP contribution >= 0.6 is 0 Å². The molecule has 0 aromatic carbocycles. The fraction of sp³-hybridized carbons (Fsp3) is 0.702. The molecule has 0 spiro atoms. The Bertz CT molecular complexity index is 1240. The lowest BCUT2D eigenvalue weighted by molar-refractivity contribution is -0.167. The molecule has 0 aliphatic heterocycles. The Hall–Kier alpha value is -3.41. The van der Waals surface area contributed by atoms with Crippen LogP contribution in [0.5, 0.6) is 0 Å². The summed E-state index contributed by atoms with van der Waals surface area (Å²) in [4.78, 5) is 37.9. The SMILES string of the molecule is CC/C=C\C/C=C\C/C=C\C/C=C\CCCCCC(=O)OC(COC(=O)CCCCCCCCCCCC)COC(=O)CCCCCCCCCCC/C=C\C/C=C\C/C=C\CC. The van der Waals surface area contributed by atoms with E-state index in [4.69, 9.17) is 14.2 Å². The molecule has 0 aromatic rings. The van der Waals surface area contributed by atoms with Crippen LogP contribution in [0.15, 0.2) is 85.1 Å². The second-order valence-electron chi connectivity index (χ2n) is 17.0. The van der Waals surface area contributed by atoms with Gasteiger partial charge in [0, 0.05) is 19.3 Å². The number of esters is 3. The van der Waals surface area contributed by atoms with Gasteiger partial charge in [-0.3, -0.25) is 14.4 Å². The Kier molecular flexibility index (Phi) is 48.5. The Labute approximate surface area is 388 Å². The number of carbonyl (C=O) groups excluding carboxylic acids is 3. The predicted octanol–water partition coefficient (Wildman–Crippen LogP) is 17.2. The topological polar surface area (TPSA) is 78.9 Å². The Morgan fingerprint density at radius 2 is 0.619 bits per heavy atom. The summed E-state index contributed by atoms with van der Waals surface area (Å²) >= 11 is 0. The lowest BCUT2D eigenvalue weighted by Crippen LogP contribution is -2.30. The van der Waals surface area contributed by atoms with Gasteiger partial charge in [-0.05, 0) is 89.9 Å². The summed E-state index contributed by atoms with van der Waals surface area (Å²) in [6.07, 6.45) is 65.7. The summed E-state index contributed by atoms with van der Waals surface area (Å²) < 4.78 is 16.8. The van der Waals surface area contributed by atoms with Crippen molar-refractivity contribution in [3.63, 3.8) is 0 Å². The Balaban J connectivity index is 4.39. The van der Waals surface area contributed by atoms with Gasteiger partial charge in [0.2, 0.25) is 0 Å². The predicted molar refractivity (Wildman–Crippen MR) is 270 cm³/mol. The number of hydrogen-bond donors (Lipinski definition) is 0. The number of carbonyl (C=O) groups is 3. The maximum atomic E-state index is 12.8. The Morgan fingerprint density at radius 3 is 0.984 bits per heavy atom. The zero-order valence-corrected chi connectivity index (χ0v) is 41.1. The summed E-state index contributed by atoms with van der Waals surface area (Å²) in [5, 5.41) is 0. The van der Waals surface area contributed by atoms with E-state index in [0.717, 1.165) is 109 Å². The first kappa shape index (κ1) is 59.6. The van der Waals surface area contributed by atoms with Crippen LogP contribution in [0.3, 0.4) is 0 Å². The molecule has 0 saturated carbocycles. The lowest BCUT2D eigenvalue weighted by atomic mass is 10.1. The van der Waals surface area contributed by atoms with E-state index in [2.05, 4.69) is 106 Å². The highest BCUT2D eigenvalue weighted by molar-refractivity contribution is 5.71. The number of ether oxygens (including phenoxy) is 3. The van der Waals surface area contributed by atoms with Gasteiger partial charge >= 0.3 is 17.9 Å². The molecular formula is C57H96O6. The van der Waals surface area contributed by atoms with Crippen LogP contribution in [-0.4, -0.2) is 37.2 Å². The number of rotatable bonds is 46. The highest BCUT2D eigenvalue weighted by Crippen LogP contribution is 2.14. The molecule has 0 heterocycles. The lowest BCUT2D eigenvalue weighted by Gasteiger charge is -2.18. The summed E-state index contributed by atoms with van der Waals surface area (Å²) in [6.45, 7) is 6.37. The van der Waals surface area contributed by atoms with Crippen LogP contribution < -0.4 is 0 Å². The standard InChI is InChI=1S/C57H96O6/c1-4-7-10-13-16-19-22-24-26-28-29-30-32-33-35-38-41-44-47-50-56(59)62-53-54(52-61-55(58)49-46-43-40-37-21-18-15-12-9-6-3)63-57(60)51-48-45-42-39-36-34-31-27-25-23-20-17-14-11-8-5-2/h7-8,10-11,16-17,19-20,24-27,34,36,54H,4-6,9,12-15,18,21-23,28-33,35,37-53H2,1-3H3/b10-7-,11-8-,19-16-,20-17-,26-24-,27-25-,36-34-. The van der Waals surface area contributed by atoms with Gasteiger partial charge in [0.1, 0.15) is 13.2 Å². The van der Waals surface area contributed by atoms with Crippen LogP contribution in [0.2, 0.25) is 0 Å². The third-order valence-corrected chi connectivity index (χ3v) is 10.9. The van der Waals surface area contributed by atoms with Crippen LogP contribution in [0.4, 0.5) is 0 Å². The molecular weight excluding hydrogens is 781 g/mol. The van der Waals surface area contributed by atoms with Crippen molar-refractivity contribution in [3.8, 4) is 0 Å². The summed E-state index contributed by atoms with van der Waals surface area (Å²) in [5.41, 5.74) is 0. The molecule has 0 N–H and O–H groups in total. The average molecular weight is 877 g/mol. The van der Waals surface area contributed by atoms with Crippen molar-refractivity contribution < 1.29 is 28.6 Å². The van der Waals surface area contributed by atoms with Gasteiger partial charge in [0.25, 0.3) is 0 Å². The van der Waals surface area contributed by atoms with Gasteiger partial charge in [0.05, 0.1) is 0 Å². The number of hydrogen-bond acceptors (Lipinski definition) is 6. The molecule has 0 amide bonds. The van der Waals surface area contributed by atoms with Gasteiger partial charge in [-0.2, -0.15) is 0 Å². The third kappa shape index (κ3) is 49.5. The van der Waals surface area contributed by atoms with E-state index in [1.807, 2.05) is 0 Å². The maximum Gasteiger partial charge on any atom is 0.306 e. The largest absolute Gasteiger partial charge is 0.462 e. The zero-order chi connectivity index (χ0) is 45.8. The Morgan fingerprint density at radius 1 is 0.333 bits per heavy atom. The summed E-state index contributed by atoms with van der Waals surface area (Å²) in [6, 6.07) is 0. The van der Waals surface area contributed by atoms with Crippen molar-refractivity contribution in [3.05, 3.63) is 85.1 Å². The molecule has 0 fully saturated rings. The molecule has 1 atom stereocenters. The molecule has 0 aliphatic carbocycles. The van der Waals surface area contributed by atoms with Gasteiger partial charge in [-0.1, -0.05) is 215 Å². The van der Waals surface area contributed by atoms with Gasteiger partial charge in [-0.15, -0.1) is 0 Å². The smallest absolute Gasteiger partial charge is 0.306 e. The summed E-state index contributed by atoms with van der Waals surface area (Å²) in [5.74, 6) is -0.928. The maximum absolute atomic E-state index is 12.8. The van der Waals surface area contributed by atoms with E-state index in [1.54, 1.807) is 0 Å². The second-order valence-corrected chi connectivity index (χ2v) is 17.0. The first-order chi connectivity index (χ1) is 31.0. The van der Waals surface area contributed by atoms with Crippen molar-refractivity contribution in [1.82, 2.24) is 0 Å². The van der Waals surface area contributed by atoms with Crippen molar-refractivity contribution in [2.75, 3.05) is 13.2 Å². The zero-order valence-electron chi connectivity index (χ0n) is 41.1. The van der Waals surface area contributed by atoms with Crippen molar-refractivity contribution in [1.29, 1.82) is 0 Å². The van der Waals surface area contributed by atoms with Crippen LogP contribution in [-0.2, 0) is 28.6 Å². The van der Waals surface area contributed by atoms with Crippen molar-refractivity contribution >= 4 is 17.9 Å². The van der Waals surface area contributed by atoms with Gasteiger partial charge < -0.3 is 14.2 Å². The molecule has 0 aromatic heterocycles. The molecule has 63 heavy (non-hydrogen) atoms. The van der Waals surface area contributed by atoms with E-state index in [0.29, 0.717) is 19.3 Å². The minimum absolute atomic E-state index is 0.0901. The minimum Gasteiger partial charge on any atom is -0.462 e. The second kappa shape index (κ2) is 51.2. The van der Waals surface area contributed by atoms with E-state index in [-0.39, 0.29) is 31.1 Å². The normalized spacial score (nSPS) is 12.7. The quantitative estimate of drug-likeness (QED) is 0.0262. The monoisotopic (exact) mass is 877 g/mol. The highest BCUT2D eigenvalue weighted by Gasteiger charge is 2.19. The molecule has 0 rings (SSSR count). The van der Waals surface area contributed by atoms with Crippen LogP contribution in [0, 0.1) is 0 Å².